The predicted molar refractivity (Wildman–Crippen MR) is 122 cm³/mol. The molecule has 3 aromatic carbocycles. The molecule has 0 radical (unpaired) electrons. The molecule has 0 saturated carbocycles. The summed E-state index contributed by atoms with van der Waals surface area (Å²) >= 11 is 0. The van der Waals surface area contributed by atoms with Crippen LogP contribution < -0.4 is 14.2 Å². The van der Waals surface area contributed by atoms with Crippen molar-refractivity contribution in [3.05, 3.63) is 54.6 Å². The van der Waals surface area contributed by atoms with Crippen LogP contribution in [0.25, 0.3) is 33.1 Å². The normalized spacial score (nSPS) is 14.3. The summed E-state index contributed by atoms with van der Waals surface area (Å²) < 4.78 is 44.6. The highest BCUT2D eigenvalue weighted by molar-refractivity contribution is 7.89. The molecule has 9 heteroatoms. The first-order chi connectivity index (χ1) is 15.7. The van der Waals surface area contributed by atoms with Gasteiger partial charge < -0.3 is 19.0 Å². The number of carboxylic acids is 1. The maximum Gasteiger partial charge on any atom is 0.322 e. The van der Waals surface area contributed by atoms with Crippen molar-refractivity contribution in [2.24, 2.45) is 5.92 Å². The average molecular weight is 467 g/mol. The topological polar surface area (TPSA) is 115 Å². The second-order valence-corrected chi connectivity index (χ2v) is 9.93. The van der Waals surface area contributed by atoms with E-state index in [1.165, 1.54) is 12.1 Å². The van der Waals surface area contributed by atoms with Crippen LogP contribution in [0.2, 0.25) is 0 Å². The number of hydrogen-bond acceptors (Lipinski definition) is 6. The van der Waals surface area contributed by atoms with Crippen molar-refractivity contribution < 1.29 is 32.2 Å². The number of sulfonamides is 1. The lowest BCUT2D eigenvalue weighted by atomic mass is 10.0. The monoisotopic (exact) mass is 467 g/mol. The maximum atomic E-state index is 12.8. The Balaban J connectivity index is 1.53. The number of carboxylic acid groups (broad SMARTS) is 1. The van der Waals surface area contributed by atoms with Crippen LogP contribution in [-0.4, -0.2) is 32.3 Å². The molecule has 0 saturated heterocycles. The lowest BCUT2D eigenvalue weighted by molar-refractivity contribution is -0.140. The zero-order valence-corrected chi connectivity index (χ0v) is 18.7. The number of furan rings is 1. The molecular formula is C24H21NO7S. The average Bonchev–Trinajstić information content (AvgIpc) is 3.39. The summed E-state index contributed by atoms with van der Waals surface area (Å²) in [4.78, 5) is 11.4. The second kappa shape index (κ2) is 7.79. The van der Waals surface area contributed by atoms with E-state index in [1.807, 2.05) is 36.4 Å². The first-order valence-electron chi connectivity index (χ1n) is 10.3. The van der Waals surface area contributed by atoms with Crippen LogP contribution in [0.3, 0.4) is 0 Å². The van der Waals surface area contributed by atoms with E-state index < -0.39 is 28.0 Å². The van der Waals surface area contributed by atoms with Crippen LogP contribution in [0, 0.1) is 5.92 Å². The molecule has 170 valence electrons. The number of carbonyl (C=O) groups is 1. The molecule has 4 aromatic rings. The summed E-state index contributed by atoms with van der Waals surface area (Å²) in [5.41, 5.74) is 2.91. The Labute approximate surface area is 189 Å². The van der Waals surface area contributed by atoms with Gasteiger partial charge in [-0.3, -0.25) is 4.79 Å². The molecule has 1 aliphatic heterocycles. The first-order valence-corrected chi connectivity index (χ1v) is 11.8. The maximum absolute atomic E-state index is 12.8. The number of aliphatic carboxylic acids is 1. The van der Waals surface area contributed by atoms with Gasteiger partial charge in [0.1, 0.15) is 17.2 Å². The molecule has 0 fully saturated rings. The van der Waals surface area contributed by atoms with E-state index in [0.717, 1.165) is 21.9 Å². The van der Waals surface area contributed by atoms with E-state index in [4.69, 9.17) is 13.9 Å². The third kappa shape index (κ3) is 3.79. The van der Waals surface area contributed by atoms with Crippen molar-refractivity contribution in [2.45, 2.75) is 24.8 Å². The molecule has 0 bridgehead atoms. The Kier molecular flexibility index (Phi) is 5.02. The molecule has 0 spiro atoms. The number of nitrogens with one attached hydrogen (secondary N) is 1. The summed E-state index contributed by atoms with van der Waals surface area (Å²) in [6.45, 7) is 3.48. The first kappa shape index (κ1) is 21.3. The summed E-state index contributed by atoms with van der Waals surface area (Å²) in [7, 11) is -4.05. The Morgan fingerprint density at radius 3 is 2.39 bits per heavy atom. The molecule has 5 rings (SSSR count). The summed E-state index contributed by atoms with van der Waals surface area (Å²) in [6.07, 6.45) is 0. The van der Waals surface area contributed by atoms with E-state index in [1.54, 1.807) is 19.9 Å². The van der Waals surface area contributed by atoms with Crippen LogP contribution >= 0.6 is 0 Å². The molecule has 0 unspecified atom stereocenters. The van der Waals surface area contributed by atoms with Gasteiger partial charge in [0.25, 0.3) is 0 Å². The number of ether oxygens (including phenoxy) is 2. The van der Waals surface area contributed by atoms with Crippen molar-refractivity contribution in [1.82, 2.24) is 4.72 Å². The van der Waals surface area contributed by atoms with Crippen LogP contribution in [0.15, 0.2) is 63.9 Å². The van der Waals surface area contributed by atoms with Crippen LogP contribution in [-0.2, 0) is 14.8 Å². The second-order valence-electron chi connectivity index (χ2n) is 8.22. The van der Waals surface area contributed by atoms with E-state index in [-0.39, 0.29) is 11.7 Å². The predicted octanol–water partition coefficient (Wildman–Crippen LogP) is 4.37. The van der Waals surface area contributed by atoms with Gasteiger partial charge >= 0.3 is 5.97 Å². The Morgan fingerprint density at radius 1 is 0.909 bits per heavy atom. The molecule has 33 heavy (non-hydrogen) atoms. The van der Waals surface area contributed by atoms with Crippen molar-refractivity contribution in [3.8, 4) is 22.6 Å². The van der Waals surface area contributed by atoms with E-state index in [9.17, 15) is 18.3 Å². The van der Waals surface area contributed by atoms with Crippen molar-refractivity contribution in [3.63, 3.8) is 0 Å². The molecule has 2 N–H and O–H groups in total. The number of rotatable bonds is 6. The fraction of sp³-hybridized carbons (Fsp3) is 0.208. The highest BCUT2D eigenvalue weighted by atomic mass is 32.2. The third-order valence-electron chi connectivity index (χ3n) is 5.67. The third-order valence-corrected chi connectivity index (χ3v) is 7.11. The SMILES string of the molecule is CC(C)[C@H](NS(=O)(=O)c1ccc2c(c1)oc1ccc(-c3ccc4c(c3)OCO4)cc12)C(=O)O. The lowest BCUT2D eigenvalue weighted by Crippen LogP contribution is -2.44. The zero-order valence-electron chi connectivity index (χ0n) is 17.9. The van der Waals surface area contributed by atoms with E-state index in [2.05, 4.69) is 4.72 Å². The van der Waals surface area contributed by atoms with Gasteiger partial charge in [-0.15, -0.1) is 0 Å². The van der Waals surface area contributed by atoms with Gasteiger partial charge in [0.2, 0.25) is 16.8 Å². The molecule has 0 amide bonds. The number of benzene rings is 3. The highest BCUT2D eigenvalue weighted by Crippen LogP contribution is 2.38. The molecule has 2 heterocycles. The zero-order chi connectivity index (χ0) is 23.3. The smallest absolute Gasteiger partial charge is 0.322 e. The molecule has 1 atom stereocenters. The minimum atomic E-state index is -4.05. The van der Waals surface area contributed by atoms with Crippen LogP contribution in [0.1, 0.15) is 13.8 Å². The standard InChI is InChI=1S/C24H21NO7S/c1-13(2)23(24(26)27)25-33(28,29)16-5-6-17-18-9-14(3-7-19(18)32-21(17)11-16)15-4-8-20-22(10-15)31-12-30-20/h3-11,13,23,25H,12H2,1-2H3,(H,26,27)/t23-/m0/s1. The summed E-state index contributed by atoms with van der Waals surface area (Å²) in [5.74, 6) is -0.247. The van der Waals surface area contributed by atoms with Gasteiger partial charge in [0, 0.05) is 16.8 Å². The van der Waals surface area contributed by atoms with Crippen molar-refractivity contribution in [1.29, 1.82) is 0 Å². The van der Waals surface area contributed by atoms with Gasteiger partial charge in [0.05, 0.1) is 4.90 Å². The van der Waals surface area contributed by atoms with Gasteiger partial charge in [-0.1, -0.05) is 26.0 Å². The van der Waals surface area contributed by atoms with E-state index >= 15 is 0 Å². The summed E-state index contributed by atoms with van der Waals surface area (Å²) in [5, 5.41) is 10.9. The molecule has 8 nitrogen and oxygen atoms in total. The molecule has 0 aliphatic carbocycles. The van der Waals surface area contributed by atoms with E-state index in [0.29, 0.717) is 22.7 Å². The Bertz CT molecular complexity index is 1500. The number of hydrogen-bond donors (Lipinski definition) is 2. The quantitative estimate of drug-likeness (QED) is 0.433. The minimum Gasteiger partial charge on any atom is -0.480 e. The van der Waals surface area contributed by atoms with Crippen LogP contribution in [0.5, 0.6) is 11.5 Å². The molecule has 1 aliphatic rings. The van der Waals surface area contributed by atoms with Gasteiger partial charge in [-0.05, 0) is 53.4 Å². The van der Waals surface area contributed by atoms with Crippen molar-refractivity contribution >= 4 is 37.9 Å². The fourth-order valence-electron chi connectivity index (χ4n) is 3.89. The summed E-state index contributed by atoms with van der Waals surface area (Å²) in [6, 6.07) is 14.8. The van der Waals surface area contributed by atoms with Crippen LogP contribution in [0.4, 0.5) is 0 Å². The van der Waals surface area contributed by atoms with Gasteiger partial charge in [0.15, 0.2) is 11.5 Å². The fourth-order valence-corrected chi connectivity index (χ4v) is 5.24. The largest absolute Gasteiger partial charge is 0.480 e. The minimum absolute atomic E-state index is 0.0584. The molecule has 1 aromatic heterocycles. The van der Waals surface area contributed by atoms with Gasteiger partial charge in [-0.2, -0.15) is 4.72 Å². The Morgan fingerprint density at radius 2 is 1.64 bits per heavy atom. The highest BCUT2D eigenvalue weighted by Gasteiger charge is 2.28. The molecular weight excluding hydrogens is 446 g/mol. The van der Waals surface area contributed by atoms with Crippen molar-refractivity contribution in [2.75, 3.05) is 6.79 Å². The number of fused-ring (bicyclic) bond motifs is 4. The lowest BCUT2D eigenvalue weighted by Gasteiger charge is -2.17. The van der Waals surface area contributed by atoms with Gasteiger partial charge in [-0.25, -0.2) is 8.42 Å². The Hall–Kier alpha value is -3.56.